The van der Waals surface area contributed by atoms with Crippen molar-refractivity contribution in [3.05, 3.63) is 54.1 Å². The van der Waals surface area contributed by atoms with Crippen LogP contribution in [0.5, 0.6) is 11.5 Å². The minimum atomic E-state index is 0.220. The molecule has 1 unspecified atom stereocenters. The number of rotatable bonds is 10. The lowest BCUT2D eigenvalue weighted by Crippen LogP contribution is -2.16. The molecule has 1 fully saturated rings. The van der Waals surface area contributed by atoms with Crippen LogP contribution in [0.3, 0.4) is 0 Å². The van der Waals surface area contributed by atoms with Gasteiger partial charge in [-0.3, -0.25) is 0 Å². The topological polar surface area (TPSA) is 39.7 Å². The molecule has 0 saturated carbocycles. The molecule has 0 aliphatic carbocycles. The van der Waals surface area contributed by atoms with Crippen molar-refractivity contribution in [3.63, 3.8) is 0 Å². The molecular formula is C23H31NO3. The van der Waals surface area contributed by atoms with E-state index in [1.165, 1.54) is 5.56 Å². The number of para-hydroxylation sites is 2. The van der Waals surface area contributed by atoms with Crippen molar-refractivity contribution in [2.75, 3.05) is 25.1 Å². The van der Waals surface area contributed by atoms with Gasteiger partial charge in [-0.25, -0.2) is 0 Å². The summed E-state index contributed by atoms with van der Waals surface area (Å²) in [6.07, 6.45) is 3.50. The van der Waals surface area contributed by atoms with Gasteiger partial charge in [0.1, 0.15) is 18.1 Å². The fraction of sp³-hybridized carbons (Fsp3) is 0.478. The second-order valence-electron chi connectivity index (χ2n) is 7.47. The van der Waals surface area contributed by atoms with E-state index in [4.69, 9.17) is 14.2 Å². The molecule has 0 aromatic heterocycles. The molecule has 2 aromatic carbocycles. The number of benzene rings is 2. The molecule has 1 aliphatic rings. The first-order chi connectivity index (χ1) is 13.2. The van der Waals surface area contributed by atoms with Crippen LogP contribution in [-0.4, -0.2) is 25.9 Å². The van der Waals surface area contributed by atoms with Gasteiger partial charge in [-0.2, -0.15) is 0 Å². The maximum absolute atomic E-state index is 6.00. The Morgan fingerprint density at radius 1 is 1.11 bits per heavy atom. The van der Waals surface area contributed by atoms with Crippen LogP contribution in [-0.2, 0) is 11.3 Å². The van der Waals surface area contributed by atoms with Crippen molar-refractivity contribution >= 4 is 5.69 Å². The number of anilines is 1. The van der Waals surface area contributed by atoms with Crippen LogP contribution >= 0.6 is 0 Å². The Hall–Kier alpha value is -2.20. The molecule has 4 heteroatoms. The van der Waals surface area contributed by atoms with Crippen LogP contribution in [0.15, 0.2) is 48.5 Å². The third-order valence-corrected chi connectivity index (χ3v) is 4.68. The van der Waals surface area contributed by atoms with Crippen LogP contribution in [0.4, 0.5) is 5.69 Å². The highest BCUT2D eigenvalue weighted by molar-refractivity contribution is 5.56. The predicted octanol–water partition coefficient (Wildman–Crippen LogP) is 5.28. The van der Waals surface area contributed by atoms with E-state index in [0.29, 0.717) is 12.5 Å². The molecule has 1 aliphatic heterocycles. The summed E-state index contributed by atoms with van der Waals surface area (Å²) in [5.41, 5.74) is 2.19. The van der Waals surface area contributed by atoms with Gasteiger partial charge in [0.25, 0.3) is 0 Å². The average molecular weight is 370 g/mol. The Kier molecular flexibility index (Phi) is 7.40. The maximum Gasteiger partial charge on any atom is 0.142 e. The fourth-order valence-electron chi connectivity index (χ4n) is 3.05. The molecule has 1 heterocycles. The first-order valence-corrected chi connectivity index (χ1v) is 10.00. The lowest BCUT2D eigenvalue weighted by molar-refractivity contribution is 0.0682. The number of hydrogen-bond donors (Lipinski definition) is 1. The number of nitrogens with one attached hydrogen (secondary N) is 1. The number of ether oxygens (including phenoxy) is 3. The molecule has 4 nitrogen and oxygen atoms in total. The van der Waals surface area contributed by atoms with Crippen molar-refractivity contribution in [3.8, 4) is 11.5 Å². The van der Waals surface area contributed by atoms with Crippen LogP contribution in [0.25, 0.3) is 0 Å². The summed E-state index contributed by atoms with van der Waals surface area (Å²) >= 11 is 0. The molecule has 3 rings (SSSR count). The summed E-state index contributed by atoms with van der Waals surface area (Å²) in [5, 5.41) is 3.49. The van der Waals surface area contributed by atoms with Gasteiger partial charge in [0.15, 0.2) is 0 Å². The van der Waals surface area contributed by atoms with Crippen LogP contribution in [0.2, 0.25) is 0 Å². The fourth-order valence-corrected chi connectivity index (χ4v) is 3.05. The summed E-state index contributed by atoms with van der Waals surface area (Å²) in [7, 11) is 0. The van der Waals surface area contributed by atoms with E-state index in [2.05, 4.69) is 31.3 Å². The highest BCUT2D eigenvalue weighted by Crippen LogP contribution is 2.26. The van der Waals surface area contributed by atoms with Crippen LogP contribution in [0, 0.1) is 5.92 Å². The summed E-state index contributed by atoms with van der Waals surface area (Å²) < 4.78 is 17.5. The van der Waals surface area contributed by atoms with Crippen molar-refractivity contribution in [1.82, 2.24) is 0 Å². The molecule has 0 bridgehead atoms. The van der Waals surface area contributed by atoms with Gasteiger partial charge in [0, 0.05) is 13.2 Å². The Bertz CT molecular complexity index is 696. The number of hydrogen-bond acceptors (Lipinski definition) is 4. The molecule has 27 heavy (non-hydrogen) atoms. The first-order valence-electron chi connectivity index (χ1n) is 10.00. The van der Waals surface area contributed by atoms with Gasteiger partial charge in [-0.1, -0.05) is 38.1 Å². The molecule has 146 valence electrons. The van der Waals surface area contributed by atoms with Gasteiger partial charge < -0.3 is 19.5 Å². The van der Waals surface area contributed by atoms with Crippen molar-refractivity contribution in [2.45, 2.75) is 45.8 Å². The van der Waals surface area contributed by atoms with E-state index in [1.807, 2.05) is 36.4 Å². The maximum atomic E-state index is 6.00. The van der Waals surface area contributed by atoms with E-state index in [-0.39, 0.29) is 6.10 Å². The van der Waals surface area contributed by atoms with Crippen molar-refractivity contribution in [2.24, 2.45) is 5.92 Å². The lowest BCUT2D eigenvalue weighted by Gasteiger charge is -2.16. The highest BCUT2D eigenvalue weighted by Gasteiger charge is 2.16. The monoisotopic (exact) mass is 369 g/mol. The van der Waals surface area contributed by atoms with Gasteiger partial charge in [0.2, 0.25) is 0 Å². The van der Waals surface area contributed by atoms with Crippen LogP contribution < -0.4 is 14.8 Å². The van der Waals surface area contributed by atoms with Gasteiger partial charge in [0.05, 0.1) is 18.4 Å². The lowest BCUT2D eigenvalue weighted by atomic mass is 10.1. The molecule has 2 aromatic rings. The van der Waals surface area contributed by atoms with E-state index < -0.39 is 0 Å². The molecule has 1 saturated heterocycles. The molecule has 0 amide bonds. The highest BCUT2D eigenvalue weighted by atomic mass is 16.5. The van der Waals surface area contributed by atoms with Crippen molar-refractivity contribution in [1.29, 1.82) is 0 Å². The predicted molar refractivity (Wildman–Crippen MR) is 110 cm³/mol. The van der Waals surface area contributed by atoms with E-state index in [1.54, 1.807) is 0 Å². The van der Waals surface area contributed by atoms with Crippen LogP contribution in [0.1, 0.15) is 38.7 Å². The quantitative estimate of drug-likeness (QED) is 0.618. The Balaban J connectivity index is 1.53. The first kappa shape index (κ1) is 19.6. The molecule has 1 N–H and O–H groups in total. The second kappa shape index (κ2) is 10.2. The van der Waals surface area contributed by atoms with Gasteiger partial charge >= 0.3 is 0 Å². The summed E-state index contributed by atoms with van der Waals surface area (Å²) in [5.74, 6) is 2.45. The molecule has 0 radical (unpaired) electrons. The zero-order valence-electron chi connectivity index (χ0n) is 16.4. The van der Waals surface area contributed by atoms with E-state index in [9.17, 15) is 0 Å². The third kappa shape index (κ3) is 6.47. The summed E-state index contributed by atoms with van der Waals surface area (Å²) in [6, 6.07) is 16.3. The van der Waals surface area contributed by atoms with E-state index >= 15 is 0 Å². The SMILES string of the molecule is CC(C)CCOc1cccc(CNc2ccccc2OCC2CCCO2)c1. The molecular weight excluding hydrogens is 338 g/mol. The molecule has 0 spiro atoms. The van der Waals surface area contributed by atoms with E-state index in [0.717, 1.165) is 56.2 Å². The second-order valence-corrected chi connectivity index (χ2v) is 7.47. The van der Waals surface area contributed by atoms with Gasteiger partial charge in [-0.15, -0.1) is 0 Å². The normalized spacial score (nSPS) is 16.5. The molecule has 1 atom stereocenters. The Labute approximate surface area is 162 Å². The zero-order valence-corrected chi connectivity index (χ0v) is 16.4. The third-order valence-electron chi connectivity index (χ3n) is 4.68. The smallest absolute Gasteiger partial charge is 0.142 e. The average Bonchev–Trinajstić information content (AvgIpc) is 3.19. The largest absolute Gasteiger partial charge is 0.494 e. The zero-order chi connectivity index (χ0) is 18.9. The Morgan fingerprint density at radius 2 is 2.00 bits per heavy atom. The van der Waals surface area contributed by atoms with Crippen molar-refractivity contribution < 1.29 is 14.2 Å². The Morgan fingerprint density at radius 3 is 2.81 bits per heavy atom. The standard InChI is InChI=1S/C23H31NO3/c1-18(2)12-14-26-20-8-5-7-19(15-20)16-24-22-10-3-4-11-23(22)27-17-21-9-6-13-25-21/h3-5,7-8,10-11,15,18,21,24H,6,9,12-14,16-17H2,1-2H3. The summed E-state index contributed by atoms with van der Waals surface area (Å²) in [6.45, 7) is 7.36. The minimum absolute atomic E-state index is 0.220. The minimum Gasteiger partial charge on any atom is -0.494 e. The summed E-state index contributed by atoms with van der Waals surface area (Å²) in [4.78, 5) is 0. The van der Waals surface area contributed by atoms with Gasteiger partial charge in [-0.05, 0) is 55.0 Å².